The molecule has 0 bridgehead atoms. The van der Waals surface area contributed by atoms with Crippen LogP contribution >= 0.6 is 0 Å². The Kier molecular flexibility index (Phi) is 34.8. The van der Waals surface area contributed by atoms with Crippen molar-refractivity contribution in [1.82, 2.24) is 35.3 Å². The quantitative estimate of drug-likeness (QED) is 0.0241. The summed E-state index contributed by atoms with van der Waals surface area (Å²) < 4.78 is 77.9. The lowest BCUT2D eigenvalue weighted by Gasteiger charge is -2.37. The highest BCUT2D eigenvalue weighted by molar-refractivity contribution is 6.13. The molecule has 1 saturated carbocycles. The van der Waals surface area contributed by atoms with Gasteiger partial charge in [0.15, 0.2) is 23.0 Å². The van der Waals surface area contributed by atoms with E-state index in [2.05, 4.69) is 16.0 Å². The zero-order valence-corrected chi connectivity index (χ0v) is 63.9. The van der Waals surface area contributed by atoms with Gasteiger partial charge in [-0.25, -0.2) is 14.2 Å². The second kappa shape index (κ2) is 44.7. The maximum atomic E-state index is 15.6. The number of nitrogens with zero attached hydrogens (tertiary/aromatic N) is 4. The molecule has 606 valence electrons. The summed E-state index contributed by atoms with van der Waals surface area (Å²) in [6.45, 7) is 10.8. The van der Waals surface area contributed by atoms with Crippen LogP contribution < -0.4 is 21.5 Å². The van der Waals surface area contributed by atoms with Crippen molar-refractivity contribution >= 4 is 69.7 Å². The van der Waals surface area contributed by atoms with E-state index in [0.29, 0.717) is 171 Å². The van der Waals surface area contributed by atoms with Crippen LogP contribution in [0.25, 0.3) is 22.3 Å². The van der Waals surface area contributed by atoms with E-state index in [9.17, 15) is 57.8 Å². The van der Waals surface area contributed by atoms with E-state index in [1.54, 1.807) is 36.9 Å². The summed E-state index contributed by atoms with van der Waals surface area (Å²) in [4.78, 5) is 151. The molecule has 0 radical (unpaired) electrons. The topological polar surface area (TPSA) is 370 Å². The summed E-state index contributed by atoms with van der Waals surface area (Å²) >= 11 is 0. The predicted molar refractivity (Wildman–Crippen MR) is 398 cm³/mol. The first-order valence-corrected chi connectivity index (χ1v) is 38.6. The van der Waals surface area contributed by atoms with Crippen LogP contribution in [0.1, 0.15) is 129 Å². The largest absolute Gasteiger partial charge is 0.458 e. The SMILES string of the molecule is CCCN(C(=O)COCCC(=O)CNC(=O)[C@H](CC(=O)CNC(=O)CCC(=O)COCCOCCOCCOCCOCCOCCOCCOCCOCCNC(=O)C1CCC(CN2C(=O)C=CC2=O)CC1)Cc1ccccc1)[C@H]1CCc2c(C)c(F)cc3nc4c(c1c23)Cn1c-4cc2c(c1=O)COC(=O)[C@]2(O)CC. The number of carbonyl (C=O) groups excluding carboxylic acids is 10. The highest BCUT2D eigenvalue weighted by atomic mass is 19.1. The summed E-state index contributed by atoms with van der Waals surface area (Å²) in [7, 11) is 0. The molecule has 3 aliphatic heterocycles. The second-order valence-corrected chi connectivity index (χ2v) is 28.0. The van der Waals surface area contributed by atoms with Crippen LogP contribution in [0, 0.1) is 30.5 Å². The Labute approximate surface area is 644 Å². The Morgan fingerprint density at radius 2 is 1.24 bits per heavy atom. The minimum Gasteiger partial charge on any atom is -0.458 e. The van der Waals surface area contributed by atoms with Crippen molar-refractivity contribution in [1.29, 1.82) is 0 Å². The van der Waals surface area contributed by atoms with Crippen LogP contribution in [0.4, 0.5) is 4.39 Å². The first-order valence-electron chi connectivity index (χ1n) is 38.6. The lowest BCUT2D eigenvalue weighted by Crippen LogP contribution is -2.44. The van der Waals surface area contributed by atoms with Gasteiger partial charge in [-0.1, -0.05) is 44.2 Å². The number of halogens is 1. The van der Waals surface area contributed by atoms with Gasteiger partial charge in [0.2, 0.25) is 23.6 Å². The number of ketones is 3. The maximum Gasteiger partial charge on any atom is 0.343 e. The van der Waals surface area contributed by atoms with Gasteiger partial charge in [-0.2, -0.15) is 0 Å². The van der Waals surface area contributed by atoms with Gasteiger partial charge in [0.25, 0.3) is 17.4 Å². The van der Waals surface area contributed by atoms with Gasteiger partial charge < -0.3 is 82.6 Å². The molecule has 3 atom stereocenters. The van der Waals surface area contributed by atoms with Crippen LogP contribution in [0.5, 0.6) is 0 Å². The van der Waals surface area contributed by atoms with E-state index >= 15 is 4.39 Å². The van der Waals surface area contributed by atoms with E-state index in [1.165, 1.54) is 27.7 Å². The average Bonchev–Trinajstić information content (AvgIpc) is 1.60. The Morgan fingerprint density at radius 1 is 0.658 bits per heavy atom. The molecule has 31 heteroatoms. The lowest BCUT2D eigenvalue weighted by molar-refractivity contribution is -0.172. The van der Waals surface area contributed by atoms with Crippen molar-refractivity contribution in [3.63, 3.8) is 0 Å². The molecule has 4 N–H and O–H groups in total. The number of nitrogens with one attached hydrogen (secondary N) is 3. The number of pyridine rings is 2. The summed E-state index contributed by atoms with van der Waals surface area (Å²) in [5, 5.41) is 20.3. The molecule has 30 nitrogen and oxygen atoms in total. The summed E-state index contributed by atoms with van der Waals surface area (Å²) in [5.74, 6) is -5.17. The van der Waals surface area contributed by atoms with Crippen LogP contribution in [0.3, 0.4) is 0 Å². The van der Waals surface area contributed by atoms with E-state index in [1.807, 2.05) is 25.1 Å². The Balaban J connectivity index is 0.554. The molecule has 5 aliphatic rings. The lowest BCUT2D eigenvalue weighted by atomic mass is 9.81. The highest BCUT2D eigenvalue weighted by Gasteiger charge is 2.46. The number of imide groups is 1. The molecule has 9 rings (SSSR count). The van der Waals surface area contributed by atoms with Crippen LogP contribution in [-0.2, 0) is 132 Å². The molecule has 4 aromatic rings. The number of esters is 1. The fraction of sp³-hybridized carbons (Fsp3) is 0.600. The summed E-state index contributed by atoms with van der Waals surface area (Å²) in [6, 6.07) is 11.4. The Bertz CT molecular complexity index is 3940. The molecule has 111 heavy (non-hydrogen) atoms. The zero-order chi connectivity index (χ0) is 79.1. The number of cyclic esters (lactones) is 1. The third-order valence-corrected chi connectivity index (χ3v) is 20.3. The number of hydrogen-bond acceptors (Lipinski definition) is 24. The monoisotopic (exact) mass is 1550 g/mol. The second-order valence-electron chi connectivity index (χ2n) is 28.0. The zero-order valence-electron chi connectivity index (χ0n) is 63.9. The third-order valence-electron chi connectivity index (χ3n) is 20.3. The van der Waals surface area contributed by atoms with Gasteiger partial charge in [0, 0.05) is 91.9 Å². The highest BCUT2D eigenvalue weighted by Crippen LogP contribution is 2.48. The number of Topliss-reactive ketones (excluding diaryl/α,β-unsaturated/α-hetero) is 3. The number of fused-ring (bicyclic) bond motifs is 5. The van der Waals surface area contributed by atoms with E-state index in [0.717, 1.165) is 42.4 Å². The normalized spacial score (nSPS) is 17.8. The molecule has 5 heterocycles. The van der Waals surface area contributed by atoms with Crippen molar-refractivity contribution in [3.05, 3.63) is 110 Å². The Morgan fingerprint density at radius 3 is 1.85 bits per heavy atom. The number of aromatic nitrogens is 2. The molecule has 0 spiro atoms. The number of aliphatic hydroxyl groups is 1. The van der Waals surface area contributed by atoms with Crippen molar-refractivity contribution in [3.8, 4) is 11.4 Å². The first kappa shape index (κ1) is 86.5. The van der Waals surface area contributed by atoms with Crippen molar-refractivity contribution in [2.45, 2.75) is 129 Å². The number of carbonyl (C=O) groups is 10. The number of amides is 6. The molecule has 2 aliphatic carbocycles. The minimum absolute atomic E-state index is 0.00798. The molecular weight excluding hydrogens is 1450 g/mol. The summed E-state index contributed by atoms with van der Waals surface area (Å²) in [6.07, 6.45) is 6.50. The molecule has 2 aromatic carbocycles. The molecule has 0 saturated heterocycles. The van der Waals surface area contributed by atoms with Gasteiger partial charge in [-0.15, -0.1) is 0 Å². The van der Waals surface area contributed by atoms with Gasteiger partial charge >= 0.3 is 5.97 Å². The Hall–Kier alpha value is -8.47. The number of rotatable bonds is 53. The molecule has 6 amide bonds. The smallest absolute Gasteiger partial charge is 0.343 e. The standard InChI is InChI=1S/C80H106FN7O23/c1-4-23-86(67-17-16-61-53(3)65(81)45-66-73(61)74(67)62-49-87-68(75(62)85-66)44-64-63(78(87)98)51-111-79(99)80(64,100)5-2)72(95)52-109-24-21-58(89)46-84-77(97)57(42-54-9-7-6-8-10-54)43-60(91)47-83-69(92)18-15-59(90)50-110-41-40-108-39-38-107-37-36-106-35-34-105-33-32-104-31-30-103-29-28-102-27-26-101-25-22-82-76(96)56-13-11-55(12-14-56)48-88-70(93)19-20-71(88)94/h6-10,19-20,44-45,55-57,67,100H,4-5,11-18,21-43,46-52H2,1-3H3,(H,82,96)(H,83,92)(H,84,97)/t55?,56?,57-,67-,80-/m0/s1. The van der Waals surface area contributed by atoms with Gasteiger partial charge in [-0.3, -0.25) is 52.8 Å². The first-order chi connectivity index (χ1) is 53.8. The molecule has 1 fully saturated rings. The molecule has 0 unspecified atom stereocenters. The maximum absolute atomic E-state index is 15.6. The van der Waals surface area contributed by atoms with E-state index in [4.69, 9.17) is 57.1 Å². The fourth-order valence-corrected chi connectivity index (χ4v) is 14.3. The fourth-order valence-electron chi connectivity index (χ4n) is 14.3. The van der Waals surface area contributed by atoms with Gasteiger partial charge in [0.1, 0.15) is 25.6 Å². The number of benzene rings is 2. The van der Waals surface area contributed by atoms with Crippen molar-refractivity contribution < 1.29 is 110 Å². The average molecular weight is 1550 g/mol. The molecule has 2 aromatic heterocycles. The minimum atomic E-state index is -2.06. The van der Waals surface area contributed by atoms with E-state index < -0.39 is 58.3 Å². The van der Waals surface area contributed by atoms with Gasteiger partial charge in [0.05, 0.1) is 167 Å². The predicted octanol–water partition coefficient (Wildman–Crippen LogP) is 4.13. The number of aryl methyl sites for hydroxylation is 1. The van der Waals surface area contributed by atoms with Crippen molar-refractivity contribution in [2.24, 2.45) is 17.8 Å². The summed E-state index contributed by atoms with van der Waals surface area (Å²) in [5.41, 5.74) is 2.24. The van der Waals surface area contributed by atoms with Crippen LogP contribution in [0.2, 0.25) is 0 Å². The van der Waals surface area contributed by atoms with Gasteiger partial charge in [-0.05, 0) is 98.9 Å². The van der Waals surface area contributed by atoms with E-state index in [-0.39, 0.29) is 150 Å². The van der Waals surface area contributed by atoms with Crippen LogP contribution in [-0.4, -0.2) is 248 Å². The van der Waals surface area contributed by atoms with Crippen molar-refractivity contribution in [2.75, 3.05) is 165 Å². The number of hydrogen-bond donors (Lipinski definition) is 4. The number of ether oxygens (including phenoxy) is 11. The third kappa shape index (κ3) is 25.0. The molecular formula is C80H106FN7O23. The van der Waals surface area contributed by atoms with Crippen LogP contribution in [0.15, 0.2) is 59.4 Å².